The predicted molar refractivity (Wildman–Crippen MR) is 102 cm³/mol. The van der Waals surface area contributed by atoms with Crippen molar-refractivity contribution in [3.63, 3.8) is 0 Å². The summed E-state index contributed by atoms with van der Waals surface area (Å²) in [5.41, 5.74) is 1.80. The molecule has 2 aromatic carbocycles. The molecule has 0 aliphatic heterocycles. The summed E-state index contributed by atoms with van der Waals surface area (Å²) in [5.74, 6) is -0.135. The second-order valence-electron chi connectivity index (χ2n) is 6.11. The lowest BCUT2D eigenvalue weighted by Crippen LogP contribution is -2.06. The first kappa shape index (κ1) is 16.5. The van der Waals surface area contributed by atoms with Crippen LogP contribution in [0.25, 0.3) is 27.4 Å². The minimum atomic E-state index is -0.244. The molecule has 0 bridgehead atoms. The fourth-order valence-electron chi connectivity index (χ4n) is 3.23. The van der Waals surface area contributed by atoms with E-state index < -0.39 is 0 Å². The summed E-state index contributed by atoms with van der Waals surface area (Å²) >= 11 is 6.23. The summed E-state index contributed by atoms with van der Waals surface area (Å²) in [6.45, 7) is 0.533. The number of ether oxygens (including phenoxy) is 1. The van der Waals surface area contributed by atoms with Crippen molar-refractivity contribution in [2.45, 2.75) is 13.0 Å². The Morgan fingerprint density at radius 3 is 2.81 bits per heavy atom. The largest absolute Gasteiger partial charge is 0.494 e. The van der Waals surface area contributed by atoms with Crippen LogP contribution in [0.15, 0.2) is 54.9 Å². The predicted octanol–water partition coefficient (Wildman–Crippen LogP) is 4.51. The molecule has 0 aliphatic carbocycles. The van der Waals surface area contributed by atoms with Gasteiger partial charge in [-0.05, 0) is 29.7 Å². The number of hydrogen-bond acceptors (Lipinski definition) is 3. The van der Waals surface area contributed by atoms with Crippen molar-refractivity contribution in [1.29, 1.82) is 0 Å². The summed E-state index contributed by atoms with van der Waals surface area (Å²) in [6, 6.07) is 13.4. The van der Waals surface area contributed by atoms with E-state index >= 15 is 0 Å². The molecule has 0 saturated heterocycles. The van der Waals surface area contributed by atoms with Gasteiger partial charge >= 0.3 is 5.97 Å². The van der Waals surface area contributed by atoms with Gasteiger partial charge in [0, 0.05) is 24.3 Å². The van der Waals surface area contributed by atoms with E-state index in [1.807, 2.05) is 53.4 Å². The number of carbonyl (C=O) groups is 1. The summed E-state index contributed by atoms with van der Waals surface area (Å²) in [4.78, 5) is 11.4. The van der Waals surface area contributed by atoms with Crippen molar-refractivity contribution in [3.05, 3.63) is 59.9 Å². The Morgan fingerprint density at radius 2 is 2.04 bits per heavy atom. The lowest BCUT2D eigenvalue weighted by molar-refractivity contribution is -0.140. The van der Waals surface area contributed by atoms with Gasteiger partial charge in [0.1, 0.15) is 0 Å². The van der Waals surface area contributed by atoms with Gasteiger partial charge in [-0.2, -0.15) is 0 Å². The summed E-state index contributed by atoms with van der Waals surface area (Å²) in [6.07, 6.45) is 4.11. The van der Waals surface area contributed by atoms with Gasteiger partial charge in [0.2, 0.25) is 5.88 Å². The van der Waals surface area contributed by atoms with E-state index in [-0.39, 0.29) is 11.8 Å². The average molecular weight is 369 g/mol. The van der Waals surface area contributed by atoms with Gasteiger partial charge in [-0.3, -0.25) is 9.36 Å². The van der Waals surface area contributed by atoms with E-state index in [1.54, 1.807) is 10.6 Å². The molecule has 1 N–H and O–H groups in total. The Hall–Kier alpha value is -2.92. The van der Waals surface area contributed by atoms with Crippen LogP contribution in [0.4, 0.5) is 0 Å². The van der Waals surface area contributed by atoms with Crippen molar-refractivity contribution < 1.29 is 14.6 Å². The molecular weight excluding hydrogens is 352 g/mol. The third-order valence-electron chi connectivity index (χ3n) is 4.59. The molecule has 5 nitrogen and oxygen atoms in total. The van der Waals surface area contributed by atoms with Crippen LogP contribution in [0.5, 0.6) is 5.88 Å². The van der Waals surface area contributed by atoms with Crippen LogP contribution < -0.4 is 0 Å². The third kappa shape index (κ3) is 2.70. The first-order chi connectivity index (χ1) is 12.6. The van der Waals surface area contributed by atoms with Crippen molar-refractivity contribution in [1.82, 2.24) is 9.13 Å². The van der Waals surface area contributed by atoms with Gasteiger partial charge in [-0.25, -0.2) is 0 Å². The molecule has 0 saturated carbocycles. The number of carbonyl (C=O) groups excluding carboxylic acids is 1. The number of esters is 1. The smallest absolute Gasteiger partial charge is 0.307 e. The number of aromatic nitrogens is 2. The van der Waals surface area contributed by atoms with Gasteiger partial charge in [-0.1, -0.05) is 29.8 Å². The number of methoxy groups -OCH3 is 1. The van der Waals surface area contributed by atoms with Crippen LogP contribution in [0.2, 0.25) is 5.02 Å². The maximum Gasteiger partial charge on any atom is 0.307 e. The molecule has 0 unspecified atom stereocenters. The van der Waals surface area contributed by atoms with Crippen molar-refractivity contribution in [2.24, 2.45) is 0 Å². The lowest BCUT2D eigenvalue weighted by Gasteiger charge is -2.08. The number of halogens is 1. The number of hydrogen-bond donors (Lipinski definition) is 1. The molecule has 6 heteroatoms. The summed E-state index contributed by atoms with van der Waals surface area (Å²) < 4.78 is 8.43. The molecular formula is C20H17ClN2O3. The maximum atomic E-state index is 11.4. The molecule has 132 valence electrons. The zero-order chi connectivity index (χ0) is 18.3. The van der Waals surface area contributed by atoms with Crippen LogP contribution in [-0.2, 0) is 16.1 Å². The van der Waals surface area contributed by atoms with Gasteiger partial charge in [0.05, 0.1) is 35.1 Å². The number of aromatic hydroxyl groups is 1. The fourth-order valence-corrected chi connectivity index (χ4v) is 3.50. The number of fused-ring (bicyclic) bond motifs is 2. The third-order valence-corrected chi connectivity index (χ3v) is 4.90. The molecule has 0 fully saturated rings. The Kier molecular flexibility index (Phi) is 4.09. The normalized spacial score (nSPS) is 11.3. The van der Waals surface area contributed by atoms with Gasteiger partial charge < -0.3 is 14.4 Å². The highest BCUT2D eigenvalue weighted by atomic mass is 35.5. The molecule has 4 aromatic rings. The van der Waals surface area contributed by atoms with Gasteiger partial charge in [0.25, 0.3) is 0 Å². The van der Waals surface area contributed by atoms with E-state index in [2.05, 4.69) is 0 Å². The van der Waals surface area contributed by atoms with Crippen LogP contribution >= 0.6 is 11.6 Å². The van der Waals surface area contributed by atoms with E-state index in [1.165, 1.54) is 7.11 Å². The van der Waals surface area contributed by atoms with Crippen LogP contribution in [0.3, 0.4) is 0 Å². The number of aryl methyl sites for hydroxylation is 1. The average Bonchev–Trinajstić information content (AvgIpc) is 3.21. The van der Waals surface area contributed by atoms with E-state index in [0.29, 0.717) is 23.4 Å². The second-order valence-corrected chi connectivity index (χ2v) is 6.51. The zero-order valence-electron chi connectivity index (χ0n) is 14.1. The Balaban J connectivity index is 1.79. The highest BCUT2D eigenvalue weighted by Crippen LogP contribution is 2.35. The van der Waals surface area contributed by atoms with Crippen LogP contribution in [-0.4, -0.2) is 27.3 Å². The first-order valence-electron chi connectivity index (χ1n) is 8.23. The molecule has 2 heterocycles. The maximum absolute atomic E-state index is 11.4. The lowest BCUT2D eigenvalue weighted by atomic mass is 10.2. The standard InChI is InChI=1S/C20H17ClN2O3/c1-26-18(24)8-10-22-9-7-13-5-6-15(11-17(13)22)23-12-14-3-2-4-16(21)19(14)20(23)25/h2-7,9,11-12,25H,8,10H2,1H3. The van der Waals surface area contributed by atoms with Crippen molar-refractivity contribution >= 4 is 39.2 Å². The van der Waals surface area contributed by atoms with Crippen molar-refractivity contribution in [3.8, 4) is 11.6 Å². The molecule has 4 rings (SSSR count). The number of benzene rings is 2. The summed E-state index contributed by atoms with van der Waals surface area (Å²) in [5, 5.41) is 13.7. The minimum absolute atomic E-state index is 0.109. The molecule has 2 aromatic heterocycles. The topological polar surface area (TPSA) is 56.4 Å². The molecule has 0 radical (unpaired) electrons. The SMILES string of the molecule is COC(=O)CCn1ccc2ccc(-n3cc4cccc(Cl)c4c3O)cc21. The van der Waals surface area contributed by atoms with Crippen LogP contribution in [0, 0.1) is 0 Å². The summed E-state index contributed by atoms with van der Waals surface area (Å²) in [7, 11) is 1.39. The fraction of sp³-hybridized carbons (Fsp3) is 0.150. The number of nitrogens with zero attached hydrogens (tertiary/aromatic N) is 2. The molecule has 0 spiro atoms. The molecule has 0 atom stereocenters. The van der Waals surface area contributed by atoms with E-state index in [4.69, 9.17) is 16.3 Å². The van der Waals surface area contributed by atoms with Crippen LogP contribution in [0.1, 0.15) is 6.42 Å². The minimum Gasteiger partial charge on any atom is -0.494 e. The quantitative estimate of drug-likeness (QED) is 0.539. The molecule has 0 aliphatic rings. The highest BCUT2D eigenvalue weighted by molar-refractivity contribution is 6.36. The molecule has 26 heavy (non-hydrogen) atoms. The van der Waals surface area contributed by atoms with Gasteiger partial charge in [-0.15, -0.1) is 0 Å². The Morgan fingerprint density at radius 1 is 1.19 bits per heavy atom. The second kappa shape index (κ2) is 6.42. The van der Waals surface area contributed by atoms with Crippen molar-refractivity contribution in [2.75, 3.05) is 7.11 Å². The van der Waals surface area contributed by atoms with E-state index in [9.17, 15) is 9.90 Å². The van der Waals surface area contributed by atoms with E-state index in [0.717, 1.165) is 22.0 Å². The highest BCUT2D eigenvalue weighted by Gasteiger charge is 2.13. The molecule has 0 amide bonds. The Labute approximate surface area is 155 Å². The van der Waals surface area contributed by atoms with Gasteiger partial charge in [0.15, 0.2) is 0 Å². The Bertz CT molecular complexity index is 1130. The monoisotopic (exact) mass is 368 g/mol. The zero-order valence-corrected chi connectivity index (χ0v) is 14.9. The first-order valence-corrected chi connectivity index (χ1v) is 8.61. The number of rotatable bonds is 4.